The molecule has 1 aromatic carbocycles. The van der Waals surface area contributed by atoms with Crippen LogP contribution in [0.4, 0.5) is 0 Å². The van der Waals surface area contributed by atoms with Gasteiger partial charge in [-0.05, 0) is 62.1 Å². The number of fused-ring (bicyclic) bond motifs is 1. The van der Waals surface area contributed by atoms with Gasteiger partial charge in [-0.25, -0.2) is 4.98 Å². The van der Waals surface area contributed by atoms with Gasteiger partial charge >= 0.3 is 5.97 Å². The highest BCUT2D eigenvalue weighted by atomic mass is 32.2. The Morgan fingerprint density at radius 2 is 2.19 bits per heavy atom. The van der Waals surface area contributed by atoms with E-state index >= 15 is 0 Å². The van der Waals surface area contributed by atoms with E-state index in [4.69, 9.17) is 14.5 Å². The molecule has 1 atom stereocenters. The smallest absolute Gasteiger partial charge is 0.305 e. The van der Waals surface area contributed by atoms with Gasteiger partial charge in [0.05, 0.1) is 23.4 Å². The largest absolute Gasteiger partial charge is 0.490 e. The fourth-order valence-corrected chi connectivity index (χ4v) is 3.99. The number of ether oxygens (including phenoxy) is 2. The van der Waals surface area contributed by atoms with E-state index in [0.29, 0.717) is 24.7 Å². The summed E-state index contributed by atoms with van der Waals surface area (Å²) in [4.78, 5) is 16.3. The fourth-order valence-electron chi connectivity index (χ4n) is 3.20. The zero-order valence-electron chi connectivity index (χ0n) is 16.2. The molecule has 0 spiro atoms. The number of pyridine rings is 1. The van der Waals surface area contributed by atoms with Crippen molar-refractivity contribution in [3.05, 3.63) is 42.0 Å². The predicted octanol–water partition coefficient (Wildman–Crippen LogP) is 5.29. The van der Waals surface area contributed by atoms with E-state index in [-0.39, 0.29) is 12.1 Å². The zero-order chi connectivity index (χ0) is 19.2. The van der Waals surface area contributed by atoms with Gasteiger partial charge in [0.15, 0.2) is 0 Å². The van der Waals surface area contributed by atoms with E-state index in [1.165, 1.54) is 5.56 Å². The minimum absolute atomic E-state index is 0.0802. The molecule has 1 aliphatic rings. The summed E-state index contributed by atoms with van der Waals surface area (Å²) >= 11 is 1.77. The van der Waals surface area contributed by atoms with Crippen LogP contribution in [0.2, 0.25) is 0 Å². The van der Waals surface area contributed by atoms with E-state index < -0.39 is 0 Å². The van der Waals surface area contributed by atoms with Crippen molar-refractivity contribution in [2.24, 2.45) is 0 Å². The number of carbonyl (C=O) groups excluding carboxylic acids is 1. The summed E-state index contributed by atoms with van der Waals surface area (Å²) in [5, 5.41) is 1.56. The number of hydrogen-bond acceptors (Lipinski definition) is 5. The van der Waals surface area contributed by atoms with Gasteiger partial charge in [0.2, 0.25) is 0 Å². The Balaban J connectivity index is 1.67. The molecule has 1 aliphatic heterocycles. The number of nitrogens with zero attached hydrogens (tertiary/aromatic N) is 1. The van der Waals surface area contributed by atoms with E-state index in [2.05, 4.69) is 44.2 Å². The second-order valence-electron chi connectivity index (χ2n) is 6.97. The van der Waals surface area contributed by atoms with Gasteiger partial charge < -0.3 is 9.47 Å². The molecule has 0 amide bonds. The summed E-state index contributed by atoms with van der Waals surface area (Å²) in [5.74, 6) is 0.777. The van der Waals surface area contributed by atoms with Crippen LogP contribution < -0.4 is 4.74 Å². The average Bonchev–Trinajstić information content (AvgIpc) is 2.66. The topological polar surface area (TPSA) is 48.4 Å². The Morgan fingerprint density at radius 3 is 2.96 bits per heavy atom. The van der Waals surface area contributed by atoms with Crippen molar-refractivity contribution >= 4 is 17.7 Å². The Morgan fingerprint density at radius 1 is 1.33 bits per heavy atom. The van der Waals surface area contributed by atoms with E-state index in [0.717, 1.165) is 34.9 Å². The van der Waals surface area contributed by atoms with Crippen LogP contribution in [0.1, 0.15) is 45.6 Å². The monoisotopic (exact) mass is 385 g/mol. The predicted molar refractivity (Wildman–Crippen MR) is 109 cm³/mol. The molecule has 0 radical (unpaired) electrons. The van der Waals surface area contributed by atoms with Gasteiger partial charge in [-0.2, -0.15) is 0 Å². The summed E-state index contributed by atoms with van der Waals surface area (Å²) in [7, 11) is 0. The third-order valence-corrected chi connectivity index (χ3v) is 5.38. The number of thioether (sulfide) groups is 1. The van der Waals surface area contributed by atoms with Gasteiger partial charge in [0.1, 0.15) is 5.75 Å². The Kier molecular flexibility index (Phi) is 6.78. The highest BCUT2D eigenvalue weighted by Gasteiger charge is 2.21. The Hall–Kier alpha value is -2.01. The van der Waals surface area contributed by atoms with Crippen LogP contribution in [-0.2, 0) is 16.0 Å². The lowest BCUT2D eigenvalue weighted by molar-refractivity contribution is -0.143. The first-order valence-electron chi connectivity index (χ1n) is 9.64. The molecular weight excluding hydrogens is 358 g/mol. The third kappa shape index (κ3) is 5.48. The minimum Gasteiger partial charge on any atom is -0.490 e. The lowest BCUT2D eigenvalue weighted by Crippen LogP contribution is -2.24. The second kappa shape index (κ2) is 9.27. The summed E-state index contributed by atoms with van der Waals surface area (Å²) in [6, 6.07) is 12.5. The van der Waals surface area contributed by atoms with Gasteiger partial charge in [-0.15, -0.1) is 11.8 Å². The van der Waals surface area contributed by atoms with Crippen LogP contribution in [0, 0.1) is 0 Å². The molecule has 0 saturated carbocycles. The highest BCUT2D eigenvalue weighted by Crippen LogP contribution is 2.33. The maximum Gasteiger partial charge on any atom is 0.305 e. The molecule has 2 aromatic rings. The van der Waals surface area contributed by atoms with Crippen LogP contribution in [0.5, 0.6) is 5.75 Å². The molecule has 144 valence electrons. The number of aromatic nitrogens is 1. The average molecular weight is 386 g/mol. The zero-order valence-corrected chi connectivity index (χ0v) is 17.1. The molecule has 4 nitrogen and oxygen atoms in total. The number of carbonyl (C=O) groups is 1. The van der Waals surface area contributed by atoms with Crippen molar-refractivity contribution in [2.75, 3.05) is 6.61 Å². The molecule has 1 unspecified atom stereocenters. The van der Waals surface area contributed by atoms with Crippen molar-refractivity contribution in [3.63, 3.8) is 0 Å². The van der Waals surface area contributed by atoms with Crippen LogP contribution in [0.15, 0.2) is 41.4 Å². The molecule has 2 heterocycles. The van der Waals surface area contributed by atoms with Gasteiger partial charge in [0.25, 0.3) is 0 Å². The summed E-state index contributed by atoms with van der Waals surface area (Å²) < 4.78 is 11.1. The highest BCUT2D eigenvalue weighted by molar-refractivity contribution is 7.99. The Labute approximate surface area is 165 Å². The normalized spacial score (nSPS) is 15.9. The van der Waals surface area contributed by atoms with E-state index in [1.807, 2.05) is 13.0 Å². The summed E-state index contributed by atoms with van der Waals surface area (Å²) in [5.41, 5.74) is 3.32. The maximum absolute atomic E-state index is 11.5. The van der Waals surface area contributed by atoms with Crippen LogP contribution in [0.3, 0.4) is 0 Å². The fraction of sp³-hybridized carbons (Fsp3) is 0.455. The SMILES string of the molecule is CCOC(=O)CCC1CCc2cc(-c3cccc(SC(C)C)n3)ccc2O1. The molecule has 27 heavy (non-hydrogen) atoms. The molecular formula is C22H27NO3S. The molecule has 0 fully saturated rings. The van der Waals surface area contributed by atoms with Crippen molar-refractivity contribution < 1.29 is 14.3 Å². The maximum atomic E-state index is 11.5. The van der Waals surface area contributed by atoms with Crippen molar-refractivity contribution in [1.82, 2.24) is 4.98 Å². The molecule has 1 aromatic heterocycles. The van der Waals surface area contributed by atoms with Gasteiger partial charge in [-0.3, -0.25) is 4.79 Å². The van der Waals surface area contributed by atoms with Crippen molar-refractivity contribution in [2.45, 2.75) is 62.8 Å². The molecule has 0 saturated heterocycles. The van der Waals surface area contributed by atoms with Crippen LogP contribution in [0.25, 0.3) is 11.3 Å². The number of hydrogen-bond donors (Lipinski definition) is 0. The quantitative estimate of drug-likeness (QED) is 0.479. The van der Waals surface area contributed by atoms with Gasteiger partial charge in [0, 0.05) is 17.2 Å². The van der Waals surface area contributed by atoms with Gasteiger partial charge in [-0.1, -0.05) is 19.9 Å². The summed E-state index contributed by atoms with van der Waals surface area (Å²) in [6.45, 7) is 6.61. The van der Waals surface area contributed by atoms with Crippen LogP contribution in [-0.4, -0.2) is 28.9 Å². The van der Waals surface area contributed by atoms with Crippen molar-refractivity contribution in [1.29, 1.82) is 0 Å². The lowest BCUT2D eigenvalue weighted by Gasteiger charge is -2.26. The lowest BCUT2D eigenvalue weighted by atomic mass is 9.97. The Bertz CT molecular complexity index is 791. The molecule has 0 aliphatic carbocycles. The number of rotatable bonds is 7. The molecule has 5 heteroatoms. The third-order valence-electron chi connectivity index (χ3n) is 4.44. The number of esters is 1. The first-order chi connectivity index (χ1) is 13.0. The first-order valence-corrected chi connectivity index (χ1v) is 10.5. The van der Waals surface area contributed by atoms with Crippen molar-refractivity contribution in [3.8, 4) is 17.0 Å². The molecule has 0 N–H and O–H groups in total. The summed E-state index contributed by atoms with van der Waals surface area (Å²) in [6.07, 6.45) is 3.08. The number of benzene rings is 1. The second-order valence-corrected chi connectivity index (χ2v) is 8.57. The van der Waals surface area contributed by atoms with E-state index in [9.17, 15) is 4.79 Å². The van der Waals surface area contributed by atoms with Crippen LogP contribution >= 0.6 is 11.8 Å². The van der Waals surface area contributed by atoms with E-state index in [1.54, 1.807) is 11.8 Å². The minimum atomic E-state index is -0.146. The molecule has 3 rings (SSSR count). The number of aryl methyl sites for hydroxylation is 1. The standard InChI is InChI=1S/C22H27NO3S/c1-4-25-22(24)13-11-18-10-8-17-14-16(9-12-20(17)26-18)19-6-5-7-21(23-19)27-15(2)3/h5-7,9,12,14-15,18H,4,8,10-11,13H2,1-3H3. The molecule has 0 bridgehead atoms. The first kappa shape index (κ1) is 19.7.